The summed E-state index contributed by atoms with van der Waals surface area (Å²) in [5.74, 6) is -0.696. The molecule has 0 bridgehead atoms. The molecule has 138 valence electrons. The van der Waals surface area contributed by atoms with Gasteiger partial charge in [-0.2, -0.15) is 13.2 Å². The van der Waals surface area contributed by atoms with E-state index < -0.39 is 17.6 Å². The average molecular weight is 364 g/mol. The lowest BCUT2D eigenvalue weighted by atomic mass is 10.1. The van der Waals surface area contributed by atoms with Gasteiger partial charge in [-0.1, -0.05) is 18.2 Å². The molecule has 0 heterocycles. The Kier molecular flexibility index (Phi) is 6.02. The van der Waals surface area contributed by atoms with Gasteiger partial charge in [-0.15, -0.1) is 0 Å². The molecule has 2 aromatic carbocycles. The molecule has 26 heavy (non-hydrogen) atoms. The van der Waals surface area contributed by atoms with Gasteiger partial charge in [-0.3, -0.25) is 9.59 Å². The molecule has 0 saturated heterocycles. The zero-order valence-corrected chi connectivity index (χ0v) is 14.4. The predicted molar refractivity (Wildman–Crippen MR) is 92.6 cm³/mol. The number of nitrogens with one attached hydrogen (secondary N) is 1. The molecule has 0 fully saturated rings. The monoisotopic (exact) mass is 364 g/mol. The number of nitrogens with zero attached hydrogens (tertiary/aromatic N) is 1. The lowest BCUT2D eigenvalue weighted by molar-refractivity contribution is -0.137. The van der Waals surface area contributed by atoms with Gasteiger partial charge in [0.25, 0.3) is 5.91 Å². The number of benzene rings is 2. The summed E-state index contributed by atoms with van der Waals surface area (Å²) in [5.41, 5.74) is 0.302. The van der Waals surface area contributed by atoms with Crippen molar-refractivity contribution in [2.45, 2.75) is 26.6 Å². The summed E-state index contributed by atoms with van der Waals surface area (Å²) >= 11 is 0. The summed E-state index contributed by atoms with van der Waals surface area (Å²) in [5, 5.41) is 2.59. The topological polar surface area (TPSA) is 49.4 Å². The van der Waals surface area contributed by atoms with E-state index >= 15 is 0 Å². The Morgan fingerprint density at radius 1 is 1.08 bits per heavy atom. The number of halogens is 3. The van der Waals surface area contributed by atoms with Crippen LogP contribution in [0.2, 0.25) is 0 Å². The van der Waals surface area contributed by atoms with Crippen molar-refractivity contribution < 1.29 is 22.8 Å². The first-order valence-corrected chi connectivity index (χ1v) is 8.03. The van der Waals surface area contributed by atoms with Crippen LogP contribution in [0, 0.1) is 0 Å². The van der Waals surface area contributed by atoms with Crippen molar-refractivity contribution in [2.75, 3.05) is 11.9 Å². The minimum absolute atomic E-state index is 0.0640. The van der Waals surface area contributed by atoms with Crippen LogP contribution < -0.4 is 5.32 Å². The summed E-state index contributed by atoms with van der Waals surface area (Å²) in [6.07, 6.45) is -4.51. The van der Waals surface area contributed by atoms with Crippen molar-refractivity contribution in [3.05, 3.63) is 65.2 Å². The zero-order valence-electron chi connectivity index (χ0n) is 14.4. The number of amides is 2. The van der Waals surface area contributed by atoms with E-state index in [1.165, 1.54) is 19.1 Å². The van der Waals surface area contributed by atoms with Gasteiger partial charge in [0, 0.05) is 31.3 Å². The third kappa shape index (κ3) is 5.08. The van der Waals surface area contributed by atoms with Crippen molar-refractivity contribution in [1.82, 2.24) is 4.90 Å². The molecule has 0 spiro atoms. The molecule has 0 aliphatic heterocycles. The molecule has 2 rings (SSSR count). The minimum atomic E-state index is -4.51. The predicted octanol–water partition coefficient (Wildman–Crippen LogP) is 4.33. The van der Waals surface area contributed by atoms with Crippen LogP contribution >= 0.6 is 0 Å². The van der Waals surface area contributed by atoms with Gasteiger partial charge in [0.1, 0.15) is 0 Å². The first kappa shape index (κ1) is 19.5. The SMILES string of the molecule is CCN(Cc1cccc(NC(=O)c2cccc(C(F)(F)F)c2)c1)C(C)=O. The van der Waals surface area contributed by atoms with Gasteiger partial charge in [0.2, 0.25) is 5.91 Å². The highest BCUT2D eigenvalue weighted by Gasteiger charge is 2.30. The van der Waals surface area contributed by atoms with E-state index in [0.29, 0.717) is 18.8 Å². The quantitative estimate of drug-likeness (QED) is 0.859. The highest BCUT2D eigenvalue weighted by Crippen LogP contribution is 2.29. The maximum Gasteiger partial charge on any atom is 0.416 e. The summed E-state index contributed by atoms with van der Waals surface area (Å²) < 4.78 is 38.3. The number of carbonyl (C=O) groups is 2. The Hall–Kier alpha value is -2.83. The Morgan fingerprint density at radius 3 is 2.38 bits per heavy atom. The molecule has 2 amide bonds. The molecule has 7 heteroatoms. The highest BCUT2D eigenvalue weighted by molar-refractivity contribution is 6.04. The van der Waals surface area contributed by atoms with Crippen molar-refractivity contribution >= 4 is 17.5 Å². The van der Waals surface area contributed by atoms with E-state index in [4.69, 9.17) is 0 Å². The van der Waals surface area contributed by atoms with Crippen LogP contribution in [0.1, 0.15) is 35.3 Å². The summed E-state index contributed by atoms with van der Waals surface area (Å²) in [6.45, 7) is 4.28. The van der Waals surface area contributed by atoms with E-state index in [-0.39, 0.29) is 11.5 Å². The van der Waals surface area contributed by atoms with E-state index in [0.717, 1.165) is 17.7 Å². The molecule has 4 nitrogen and oxygen atoms in total. The number of anilines is 1. The first-order valence-electron chi connectivity index (χ1n) is 8.03. The van der Waals surface area contributed by atoms with Crippen LogP contribution in [0.3, 0.4) is 0 Å². The van der Waals surface area contributed by atoms with Gasteiger partial charge in [0.05, 0.1) is 5.56 Å². The van der Waals surface area contributed by atoms with Gasteiger partial charge in [-0.05, 0) is 42.8 Å². The van der Waals surface area contributed by atoms with E-state index in [9.17, 15) is 22.8 Å². The third-order valence-corrected chi connectivity index (χ3v) is 3.84. The fourth-order valence-electron chi connectivity index (χ4n) is 2.45. The highest BCUT2D eigenvalue weighted by atomic mass is 19.4. The zero-order chi connectivity index (χ0) is 19.3. The number of rotatable bonds is 5. The van der Waals surface area contributed by atoms with Crippen LogP contribution in [0.5, 0.6) is 0 Å². The minimum Gasteiger partial charge on any atom is -0.339 e. The molecule has 0 aliphatic carbocycles. The lowest BCUT2D eigenvalue weighted by Gasteiger charge is -2.19. The number of carbonyl (C=O) groups excluding carboxylic acids is 2. The Morgan fingerprint density at radius 2 is 1.77 bits per heavy atom. The van der Waals surface area contributed by atoms with Crippen LogP contribution in [-0.2, 0) is 17.5 Å². The third-order valence-electron chi connectivity index (χ3n) is 3.84. The van der Waals surface area contributed by atoms with E-state index in [2.05, 4.69) is 5.32 Å². The first-order chi connectivity index (χ1) is 12.2. The van der Waals surface area contributed by atoms with E-state index in [1.54, 1.807) is 23.1 Å². The van der Waals surface area contributed by atoms with Gasteiger partial charge in [0.15, 0.2) is 0 Å². The molecule has 0 atom stereocenters. The van der Waals surface area contributed by atoms with Crippen molar-refractivity contribution in [3.63, 3.8) is 0 Å². The second-order valence-corrected chi connectivity index (χ2v) is 5.77. The Bertz CT molecular complexity index is 803. The normalized spacial score (nSPS) is 11.1. The number of alkyl halides is 3. The molecule has 0 radical (unpaired) electrons. The standard InChI is InChI=1S/C19H19F3N2O2/c1-3-24(13(2)25)12-14-6-4-9-17(10-14)23-18(26)15-7-5-8-16(11-15)19(20,21)22/h4-11H,3,12H2,1-2H3,(H,23,26). The van der Waals surface area contributed by atoms with Crippen LogP contribution in [0.4, 0.5) is 18.9 Å². The lowest BCUT2D eigenvalue weighted by Crippen LogP contribution is -2.27. The summed E-state index contributed by atoms with van der Waals surface area (Å²) in [6, 6.07) is 11.1. The Labute approximate surface area is 149 Å². The molecule has 1 N–H and O–H groups in total. The van der Waals surface area contributed by atoms with Gasteiger partial charge in [-0.25, -0.2) is 0 Å². The van der Waals surface area contributed by atoms with Gasteiger partial charge < -0.3 is 10.2 Å². The molecule has 2 aromatic rings. The second kappa shape index (κ2) is 8.03. The van der Waals surface area contributed by atoms with Crippen LogP contribution in [0.15, 0.2) is 48.5 Å². The summed E-state index contributed by atoms with van der Waals surface area (Å²) in [7, 11) is 0. The molecule has 0 saturated carbocycles. The molecular weight excluding hydrogens is 345 g/mol. The number of hydrogen-bond donors (Lipinski definition) is 1. The van der Waals surface area contributed by atoms with Gasteiger partial charge >= 0.3 is 6.18 Å². The maximum atomic E-state index is 12.8. The molecule has 0 aromatic heterocycles. The average Bonchev–Trinajstić information content (AvgIpc) is 2.59. The second-order valence-electron chi connectivity index (χ2n) is 5.77. The van der Waals surface area contributed by atoms with Crippen LogP contribution in [0.25, 0.3) is 0 Å². The smallest absolute Gasteiger partial charge is 0.339 e. The van der Waals surface area contributed by atoms with Crippen molar-refractivity contribution in [3.8, 4) is 0 Å². The molecule has 0 unspecified atom stereocenters. The largest absolute Gasteiger partial charge is 0.416 e. The van der Waals surface area contributed by atoms with Crippen molar-refractivity contribution in [2.24, 2.45) is 0 Å². The van der Waals surface area contributed by atoms with Crippen LogP contribution in [-0.4, -0.2) is 23.3 Å². The molecule has 0 aliphatic rings. The fourth-order valence-corrected chi connectivity index (χ4v) is 2.45. The summed E-state index contributed by atoms with van der Waals surface area (Å²) in [4.78, 5) is 25.4. The Balaban J connectivity index is 2.15. The maximum absolute atomic E-state index is 12.8. The number of hydrogen-bond acceptors (Lipinski definition) is 2. The molecular formula is C19H19F3N2O2. The van der Waals surface area contributed by atoms with E-state index in [1.807, 2.05) is 13.0 Å². The van der Waals surface area contributed by atoms with Crippen molar-refractivity contribution in [1.29, 1.82) is 0 Å². The fraction of sp³-hybridized carbons (Fsp3) is 0.263.